The number of hydrogen-bond acceptors (Lipinski definition) is 3. The molecule has 0 fully saturated rings. The number of nitrogens with one attached hydrogen (secondary N) is 1. The highest BCUT2D eigenvalue weighted by molar-refractivity contribution is 7.07. The molecule has 1 aromatic heterocycles. The fourth-order valence-corrected chi connectivity index (χ4v) is 2.76. The second-order valence-corrected chi connectivity index (χ2v) is 5.34. The zero-order valence-electron chi connectivity index (χ0n) is 11.2. The van der Waals surface area contributed by atoms with E-state index in [1.54, 1.807) is 11.3 Å². The second kappa shape index (κ2) is 6.03. The minimum atomic E-state index is 0.367. The maximum Gasteiger partial charge on any atom is 0.0434 e. The summed E-state index contributed by atoms with van der Waals surface area (Å²) in [4.78, 5) is 2.31. The van der Waals surface area contributed by atoms with Gasteiger partial charge in [0.05, 0.1) is 0 Å². The third kappa shape index (κ3) is 2.92. The summed E-state index contributed by atoms with van der Waals surface area (Å²) in [6, 6.07) is 11.1. The average molecular weight is 260 g/mol. The van der Waals surface area contributed by atoms with Crippen LogP contribution in [-0.4, -0.2) is 14.1 Å². The van der Waals surface area contributed by atoms with E-state index >= 15 is 0 Å². The molecule has 0 saturated heterocycles. The lowest BCUT2D eigenvalue weighted by atomic mass is 10.1. The van der Waals surface area contributed by atoms with Crippen LogP contribution in [0.5, 0.6) is 0 Å². The smallest absolute Gasteiger partial charge is 0.0434 e. The fraction of sp³-hybridized carbons (Fsp3) is 0.333. The zero-order chi connectivity index (χ0) is 13.0. The first kappa shape index (κ1) is 13.1. The monoisotopic (exact) mass is 260 g/mol. The Morgan fingerprint density at radius 1 is 1.28 bits per heavy atom. The quantitative estimate of drug-likeness (QED) is 0.882. The Labute approximate surface area is 113 Å². The van der Waals surface area contributed by atoms with Crippen LogP contribution in [0.15, 0.2) is 41.1 Å². The molecule has 0 radical (unpaired) electrons. The fourth-order valence-electron chi connectivity index (χ4n) is 2.10. The minimum Gasteiger partial charge on any atom is -0.370 e. The third-order valence-corrected chi connectivity index (χ3v) is 3.98. The highest BCUT2D eigenvalue weighted by Crippen LogP contribution is 2.26. The summed E-state index contributed by atoms with van der Waals surface area (Å²) in [6.45, 7) is 3.15. The van der Waals surface area contributed by atoms with Crippen LogP contribution in [0.1, 0.15) is 24.1 Å². The molecule has 0 aliphatic carbocycles. The molecule has 1 unspecified atom stereocenters. The Morgan fingerprint density at radius 2 is 2.06 bits per heavy atom. The summed E-state index contributed by atoms with van der Waals surface area (Å²) in [5.41, 5.74) is 4.01. The molecule has 1 atom stereocenters. The molecule has 2 nitrogen and oxygen atoms in total. The number of hydrogen-bond donors (Lipinski definition) is 1. The second-order valence-electron chi connectivity index (χ2n) is 4.56. The van der Waals surface area contributed by atoms with E-state index < -0.39 is 0 Å². The lowest BCUT2D eigenvalue weighted by molar-refractivity contribution is 0.649. The Bertz CT molecular complexity index is 479. The number of thiophene rings is 1. The first-order valence-electron chi connectivity index (χ1n) is 6.20. The van der Waals surface area contributed by atoms with Crippen LogP contribution in [-0.2, 0) is 6.54 Å². The van der Waals surface area contributed by atoms with Crippen LogP contribution in [0.4, 0.5) is 5.69 Å². The number of benzene rings is 1. The van der Waals surface area contributed by atoms with Crippen LogP contribution in [0.25, 0.3) is 0 Å². The van der Waals surface area contributed by atoms with Crippen molar-refractivity contribution in [1.29, 1.82) is 0 Å². The van der Waals surface area contributed by atoms with Crippen LogP contribution < -0.4 is 10.2 Å². The van der Waals surface area contributed by atoms with Gasteiger partial charge in [-0.15, -0.1) is 0 Å². The first-order valence-corrected chi connectivity index (χ1v) is 7.15. The predicted molar refractivity (Wildman–Crippen MR) is 80.3 cm³/mol. The SMILES string of the molecule is CNC(C)c1ccccc1N(C)Cc1ccsc1. The van der Waals surface area contributed by atoms with Crippen molar-refractivity contribution in [1.82, 2.24) is 5.32 Å². The van der Waals surface area contributed by atoms with Gasteiger partial charge in [-0.3, -0.25) is 0 Å². The van der Waals surface area contributed by atoms with Gasteiger partial charge in [0.1, 0.15) is 0 Å². The summed E-state index contributed by atoms with van der Waals surface area (Å²) in [5, 5.41) is 7.65. The van der Waals surface area contributed by atoms with Crippen molar-refractivity contribution in [2.24, 2.45) is 0 Å². The van der Waals surface area contributed by atoms with E-state index in [1.165, 1.54) is 16.8 Å². The molecule has 0 aliphatic rings. The van der Waals surface area contributed by atoms with E-state index in [2.05, 4.69) is 65.3 Å². The van der Waals surface area contributed by atoms with Gasteiger partial charge in [0.2, 0.25) is 0 Å². The van der Waals surface area contributed by atoms with Crippen LogP contribution >= 0.6 is 11.3 Å². The van der Waals surface area contributed by atoms with Crippen molar-refractivity contribution in [3.8, 4) is 0 Å². The van der Waals surface area contributed by atoms with Crippen molar-refractivity contribution in [3.63, 3.8) is 0 Å². The van der Waals surface area contributed by atoms with E-state index in [-0.39, 0.29) is 0 Å². The maximum atomic E-state index is 3.31. The lowest BCUT2D eigenvalue weighted by Crippen LogP contribution is -2.21. The Balaban J connectivity index is 2.21. The topological polar surface area (TPSA) is 15.3 Å². The van der Waals surface area contributed by atoms with Gasteiger partial charge in [0, 0.05) is 25.3 Å². The van der Waals surface area contributed by atoms with Gasteiger partial charge in [-0.2, -0.15) is 11.3 Å². The van der Waals surface area contributed by atoms with Gasteiger partial charge in [-0.25, -0.2) is 0 Å². The molecule has 2 rings (SSSR count). The molecule has 18 heavy (non-hydrogen) atoms. The van der Waals surface area contributed by atoms with Crippen molar-refractivity contribution in [2.45, 2.75) is 19.5 Å². The average Bonchev–Trinajstić information content (AvgIpc) is 2.90. The number of nitrogens with zero attached hydrogens (tertiary/aromatic N) is 1. The van der Waals surface area contributed by atoms with Gasteiger partial charge in [0.25, 0.3) is 0 Å². The van der Waals surface area contributed by atoms with Gasteiger partial charge in [0.15, 0.2) is 0 Å². The molecule has 1 heterocycles. The summed E-state index contributed by atoms with van der Waals surface area (Å²) in [7, 11) is 4.15. The number of para-hydroxylation sites is 1. The molecular weight excluding hydrogens is 240 g/mol. The molecule has 0 aliphatic heterocycles. The van der Waals surface area contributed by atoms with E-state index in [9.17, 15) is 0 Å². The molecule has 1 aromatic carbocycles. The van der Waals surface area contributed by atoms with Crippen LogP contribution in [0, 0.1) is 0 Å². The standard InChI is InChI=1S/C15H20N2S/c1-12(16-2)14-6-4-5-7-15(14)17(3)10-13-8-9-18-11-13/h4-9,11-12,16H,10H2,1-3H3. The Hall–Kier alpha value is -1.32. The summed E-state index contributed by atoms with van der Waals surface area (Å²) < 4.78 is 0. The Kier molecular flexibility index (Phi) is 4.39. The summed E-state index contributed by atoms with van der Waals surface area (Å²) in [6.07, 6.45) is 0. The van der Waals surface area contributed by atoms with Gasteiger partial charge >= 0.3 is 0 Å². The normalized spacial score (nSPS) is 12.4. The van der Waals surface area contributed by atoms with Gasteiger partial charge < -0.3 is 10.2 Å². The van der Waals surface area contributed by atoms with Crippen LogP contribution in [0.3, 0.4) is 0 Å². The minimum absolute atomic E-state index is 0.367. The van der Waals surface area contributed by atoms with Crippen LogP contribution in [0.2, 0.25) is 0 Å². The largest absolute Gasteiger partial charge is 0.370 e. The number of anilines is 1. The van der Waals surface area contributed by atoms with E-state index in [4.69, 9.17) is 0 Å². The van der Waals surface area contributed by atoms with Crippen molar-refractivity contribution in [3.05, 3.63) is 52.2 Å². The molecule has 0 bridgehead atoms. The molecule has 3 heteroatoms. The Morgan fingerprint density at radius 3 is 2.72 bits per heavy atom. The van der Waals surface area contributed by atoms with E-state index in [0.717, 1.165) is 6.54 Å². The molecule has 96 valence electrons. The lowest BCUT2D eigenvalue weighted by Gasteiger charge is -2.24. The van der Waals surface area contributed by atoms with Gasteiger partial charge in [-0.05, 0) is 48.0 Å². The molecule has 0 saturated carbocycles. The highest BCUT2D eigenvalue weighted by atomic mass is 32.1. The predicted octanol–water partition coefficient (Wildman–Crippen LogP) is 3.66. The highest BCUT2D eigenvalue weighted by Gasteiger charge is 2.11. The molecule has 2 aromatic rings. The van der Waals surface area contributed by atoms with Gasteiger partial charge in [-0.1, -0.05) is 18.2 Å². The van der Waals surface area contributed by atoms with E-state index in [1.807, 2.05) is 7.05 Å². The first-order chi connectivity index (χ1) is 8.72. The third-order valence-electron chi connectivity index (χ3n) is 3.25. The maximum absolute atomic E-state index is 3.31. The summed E-state index contributed by atoms with van der Waals surface area (Å²) in [5.74, 6) is 0. The van der Waals surface area contributed by atoms with Crippen molar-refractivity contribution >= 4 is 17.0 Å². The van der Waals surface area contributed by atoms with E-state index in [0.29, 0.717) is 6.04 Å². The van der Waals surface area contributed by atoms with Crippen molar-refractivity contribution in [2.75, 3.05) is 19.0 Å². The summed E-state index contributed by atoms with van der Waals surface area (Å²) >= 11 is 1.75. The zero-order valence-corrected chi connectivity index (χ0v) is 12.0. The number of rotatable bonds is 5. The molecular formula is C15H20N2S. The van der Waals surface area contributed by atoms with Crippen molar-refractivity contribution < 1.29 is 0 Å². The molecule has 0 amide bonds. The molecule has 0 spiro atoms. The molecule has 1 N–H and O–H groups in total.